The summed E-state index contributed by atoms with van der Waals surface area (Å²) in [5, 5.41) is 3.00. The number of aryl methyl sites for hydroxylation is 1. The van der Waals surface area contributed by atoms with Crippen LogP contribution in [-0.2, 0) is 11.2 Å². The Kier molecular flexibility index (Phi) is 6.38. The number of nitrogens with one attached hydrogen (secondary N) is 1. The molecule has 4 nitrogen and oxygen atoms in total. The number of amides is 1. The van der Waals surface area contributed by atoms with Crippen molar-refractivity contribution in [2.75, 3.05) is 12.4 Å². The number of aromatic nitrogens is 1. The first-order chi connectivity index (χ1) is 15.2. The highest BCUT2D eigenvalue weighted by Gasteiger charge is 2.09. The summed E-state index contributed by atoms with van der Waals surface area (Å²) in [7, 11) is 1.66. The molecule has 154 valence electrons. The van der Waals surface area contributed by atoms with Crippen molar-refractivity contribution in [3.63, 3.8) is 0 Å². The number of hydrogen-bond donors (Lipinski definition) is 1. The van der Waals surface area contributed by atoms with Gasteiger partial charge in [0.15, 0.2) is 0 Å². The van der Waals surface area contributed by atoms with E-state index in [9.17, 15) is 4.79 Å². The second kappa shape index (κ2) is 9.72. The van der Waals surface area contributed by atoms with Gasteiger partial charge >= 0.3 is 0 Å². The van der Waals surface area contributed by atoms with Crippen LogP contribution >= 0.6 is 0 Å². The molecule has 31 heavy (non-hydrogen) atoms. The van der Waals surface area contributed by atoms with Gasteiger partial charge in [-0.3, -0.25) is 4.79 Å². The highest BCUT2D eigenvalue weighted by molar-refractivity contribution is 5.91. The molecule has 0 aliphatic heterocycles. The number of para-hydroxylation sites is 1. The topological polar surface area (TPSA) is 51.2 Å². The van der Waals surface area contributed by atoms with Gasteiger partial charge in [0.05, 0.1) is 18.5 Å². The van der Waals surface area contributed by atoms with E-state index in [2.05, 4.69) is 5.32 Å². The van der Waals surface area contributed by atoms with Crippen molar-refractivity contribution in [2.45, 2.75) is 12.8 Å². The Balaban J connectivity index is 1.50. The van der Waals surface area contributed by atoms with E-state index >= 15 is 0 Å². The highest BCUT2D eigenvalue weighted by atomic mass is 16.5. The van der Waals surface area contributed by atoms with Crippen molar-refractivity contribution in [3.05, 3.63) is 103 Å². The number of carbonyl (C=O) groups is 1. The molecular formula is C27H24N2O2. The van der Waals surface area contributed by atoms with Crippen LogP contribution in [0.5, 0.6) is 5.75 Å². The molecule has 0 aliphatic rings. The van der Waals surface area contributed by atoms with E-state index in [1.54, 1.807) is 7.11 Å². The van der Waals surface area contributed by atoms with Gasteiger partial charge in [0.2, 0.25) is 5.91 Å². The highest BCUT2D eigenvalue weighted by Crippen LogP contribution is 2.30. The van der Waals surface area contributed by atoms with E-state index in [4.69, 9.17) is 9.72 Å². The lowest BCUT2D eigenvalue weighted by atomic mass is 10.1. The molecule has 0 aliphatic carbocycles. The van der Waals surface area contributed by atoms with Crippen LogP contribution in [0.25, 0.3) is 22.5 Å². The van der Waals surface area contributed by atoms with Crippen molar-refractivity contribution in [1.29, 1.82) is 0 Å². The molecule has 0 atom stereocenters. The number of nitrogens with zero attached hydrogens (tertiary/aromatic N) is 1. The zero-order valence-electron chi connectivity index (χ0n) is 17.4. The van der Waals surface area contributed by atoms with Crippen LogP contribution in [0.15, 0.2) is 97.1 Å². The normalized spacial score (nSPS) is 10.5. The number of ether oxygens (including phenoxy) is 1. The van der Waals surface area contributed by atoms with E-state index in [1.807, 2.05) is 97.1 Å². The van der Waals surface area contributed by atoms with Crippen LogP contribution in [0, 0.1) is 0 Å². The zero-order valence-corrected chi connectivity index (χ0v) is 17.4. The Morgan fingerprint density at radius 1 is 0.839 bits per heavy atom. The standard InChI is InChI=1S/C27H24N2O2/c1-31-26-16-6-5-13-23(26)25-15-8-14-24(29-25)21-11-7-12-22(19-21)28-27(30)18-17-20-9-3-2-4-10-20/h2-16,19H,17-18H2,1H3,(H,28,30). The number of methoxy groups -OCH3 is 1. The van der Waals surface area contributed by atoms with Crippen molar-refractivity contribution >= 4 is 11.6 Å². The molecule has 4 heteroatoms. The molecule has 0 bridgehead atoms. The van der Waals surface area contributed by atoms with Gasteiger partial charge in [-0.25, -0.2) is 4.98 Å². The molecule has 0 radical (unpaired) electrons. The van der Waals surface area contributed by atoms with E-state index < -0.39 is 0 Å². The maximum atomic E-state index is 12.4. The van der Waals surface area contributed by atoms with E-state index in [0.29, 0.717) is 6.42 Å². The summed E-state index contributed by atoms with van der Waals surface area (Å²) in [5.41, 5.74) is 5.48. The molecule has 0 unspecified atom stereocenters. The first kappa shape index (κ1) is 20.4. The Bertz CT molecular complexity index is 1170. The molecule has 1 aromatic heterocycles. The monoisotopic (exact) mass is 408 g/mol. The summed E-state index contributed by atoms with van der Waals surface area (Å²) in [6, 6.07) is 31.6. The minimum atomic E-state index is -0.00302. The number of rotatable bonds is 7. The van der Waals surface area contributed by atoms with Crippen LogP contribution in [-0.4, -0.2) is 18.0 Å². The van der Waals surface area contributed by atoms with Gasteiger partial charge in [-0.2, -0.15) is 0 Å². The molecule has 1 amide bonds. The molecule has 4 rings (SSSR count). The molecule has 4 aromatic rings. The Labute approximate surface area is 182 Å². The largest absolute Gasteiger partial charge is 0.496 e. The Hall–Kier alpha value is -3.92. The molecule has 1 heterocycles. The summed E-state index contributed by atoms with van der Waals surface area (Å²) >= 11 is 0. The quantitative estimate of drug-likeness (QED) is 0.408. The van der Waals surface area contributed by atoms with Gasteiger partial charge in [-0.05, 0) is 48.4 Å². The van der Waals surface area contributed by atoms with Crippen LogP contribution in [0.3, 0.4) is 0 Å². The third-order valence-corrected chi connectivity index (χ3v) is 5.06. The predicted octanol–water partition coefficient (Wildman–Crippen LogP) is 6.00. The van der Waals surface area contributed by atoms with E-state index in [0.717, 1.165) is 45.9 Å². The van der Waals surface area contributed by atoms with Gasteiger partial charge < -0.3 is 10.1 Å². The molecular weight excluding hydrogens is 384 g/mol. The predicted molar refractivity (Wildman–Crippen MR) is 125 cm³/mol. The van der Waals surface area contributed by atoms with E-state index in [-0.39, 0.29) is 5.91 Å². The molecule has 0 spiro atoms. The molecule has 0 fully saturated rings. The number of anilines is 1. The number of carbonyl (C=O) groups excluding carboxylic acids is 1. The number of pyridine rings is 1. The van der Waals surface area contributed by atoms with Crippen molar-refractivity contribution in [1.82, 2.24) is 4.98 Å². The first-order valence-electron chi connectivity index (χ1n) is 10.3. The molecule has 3 aromatic carbocycles. The van der Waals surface area contributed by atoms with Gasteiger partial charge in [0.1, 0.15) is 5.75 Å². The fourth-order valence-corrected chi connectivity index (χ4v) is 3.48. The van der Waals surface area contributed by atoms with Crippen LogP contribution < -0.4 is 10.1 Å². The maximum absolute atomic E-state index is 12.4. The summed E-state index contributed by atoms with van der Waals surface area (Å²) in [6.45, 7) is 0. The molecule has 1 N–H and O–H groups in total. The third kappa shape index (κ3) is 5.17. The lowest BCUT2D eigenvalue weighted by Crippen LogP contribution is -2.12. The summed E-state index contributed by atoms with van der Waals surface area (Å²) < 4.78 is 5.48. The average Bonchev–Trinajstić information content (AvgIpc) is 2.83. The van der Waals surface area contributed by atoms with Gasteiger partial charge in [0.25, 0.3) is 0 Å². The zero-order chi connectivity index (χ0) is 21.5. The lowest BCUT2D eigenvalue weighted by Gasteiger charge is -2.10. The summed E-state index contributed by atoms with van der Waals surface area (Å²) in [5.74, 6) is 0.781. The van der Waals surface area contributed by atoms with Crippen LogP contribution in [0.4, 0.5) is 5.69 Å². The van der Waals surface area contributed by atoms with Crippen molar-refractivity contribution < 1.29 is 9.53 Å². The fraction of sp³-hybridized carbons (Fsp3) is 0.111. The number of hydrogen-bond acceptors (Lipinski definition) is 3. The van der Waals surface area contributed by atoms with E-state index in [1.165, 1.54) is 0 Å². The second-order valence-electron chi connectivity index (χ2n) is 7.22. The van der Waals surface area contributed by atoms with Gasteiger partial charge in [0, 0.05) is 23.2 Å². The first-order valence-corrected chi connectivity index (χ1v) is 10.3. The third-order valence-electron chi connectivity index (χ3n) is 5.06. The maximum Gasteiger partial charge on any atom is 0.224 e. The Morgan fingerprint density at radius 3 is 2.42 bits per heavy atom. The Morgan fingerprint density at radius 2 is 1.58 bits per heavy atom. The molecule has 0 saturated carbocycles. The minimum Gasteiger partial charge on any atom is -0.496 e. The summed E-state index contributed by atoms with van der Waals surface area (Å²) in [4.78, 5) is 17.2. The second-order valence-corrected chi connectivity index (χ2v) is 7.22. The van der Waals surface area contributed by atoms with Crippen LogP contribution in [0.2, 0.25) is 0 Å². The summed E-state index contributed by atoms with van der Waals surface area (Å²) in [6.07, 6.45) is 1.16. The van der Waals surface area contributed by atoms with Crippen molar-refractivity contribution in [2.24, 2.45) is 0 Å². The van der Waals surface area contributed by atoms with Gasteiger partial charge in [-0.1, -0.05) is 60.7 Å². The SMILES string of the molecule is COc1ccccc1-c1cccc(-c2cccc(NC(=O)CCc3ccccc3)c2)n1. The van der Waals surface area contributed by atoms with Gasteiger partial charge in [-0.15, -0.1) is 0 Å². The lowest BCUT2D eigenvalue weighted by molar-refractivity contribution is -0.116. The average molecular weight is 409 g/mol. The number of benzene rings is 3. The fourth-order valence-electron chi connectivity index (χ4n) is 3.48. The minimum absolute atomic E-state index is 0.00302. The smallest absolute Gasteiger partial charge is 0.224 e. The molecule has 0 saturated heterocycles. The van der Waals surface area contributed by atoms with Crippen molar-refractivity contribution in [3.8, 4) is 28.3 Å². The van der Waals surface area contributed by atoms with Crippen LogP contribution in [0.1, 0.15) is 12.0 Å².